The molecule has 140 valence electrons. The van der Waals surface area contributed by atoms with Crippen molar-refractivity contribution in [2.45, 2.75) is 116 Å². The van der Waals surface area contributed by atoms with E-state index in [0.717, 1.165) is 10.9 Å². The summed E-state index contributed by atoms with van der Waals surface area (Å²) in [6.45, 7) is 7.71. The summed E-state index contributed by atoms with van der Waals surface area (Å²) in [4.78, 5) is 0. The van der Waals surface area contributed by atoms with E-state index in [-0.39, 0.29) is 19.5 Å². The first kappa shape index (κ1) is 27.1. The topological polar surface area (TPSA) is 12.0 Å². The van der Waals surface area contributed by atoms with Crippen LogP contribution in [0, 0.1) is 0 Å². The molecule has 0 radical (unpaired) electrons. The van der Waals surface area contributed by atoms with Gasteiger partial charge in [-0.3, -0.25) is 0 Å². The number of thiocarbonyl (C=S) groups is 1. The maximum absolute atomic E-state index is 5.28. The van der Waals surface area contributed by atoms with Crippen molar-refractivity contribution in [1.29, 1.82) is 0 Å². The fraction of sp³-hybridized carbons (Fsp3) is 0.950. The van der Waals surface area contributed by atoms with Gasteiger partial charge in [-0.25, -0.2) is 0 Å². The molecule has 0 aliphatic heterocycles. The largest absolute Gasteiger partial charge is 0.371 e. The molecule has 1 N–H and O–H groups in total. The first-order chi connectivity index (χ1) is 11.2. The van der Waals surface area contributed by atoms with Gasteiger partial charge in [-0.05, 0) is 6.42 Å². The van der Waals surface area contributed by atoms with E-state index < -0.39 is 0 Å². The van der Waals surface area contributed by atoms with Gasteiger partial charge in [-0.2, -0.15) is 0 Å². The van der Waals surface area contributed by atoms with Crippen molar-refractivity contribution >= 4 is 28.3 Å². The quantitative estimate of drug-likeness (QED) is 0.156. The maximum Gasteiger partial charge on any atom is 0.134 e. The van der Waals surface area contributed by atoms with Crippen molar-refractivity contribution in [3.05, 3.63) is 0 Å². The van der Waals surface area contributed by atoms with Crippen molar-refractivity contribution in [3.63, 3.8) is 0 Å². The van der Waals surface area contributed by atoms with Crippen molar-refractivity contribution in [3.8, 4) is 0 Å². The fourth-order valence-electron chi connectivity index (χ4n) is 2.77. The van der Waals surface area contributed by atoms with Gasteiger partial charge < -0.3 is 5.32 Å². The van der Waals surface area contributed by atoms with Crippen LogP contribution < -0.4 is 5.32 Å². The third kappa shape index (κ3) is 22.9. The molecule has 0 spiro atoms. The Bertz CT molecular complexity index is 260. The maximum atomic E-state index is 5.28. The van der Waals surface area contributed by atoms with Crippen LogP contribution in [0.15, 0.2) is 0 Å². The summed E-state index contributed by atoms with van der Waals surface area (Å²) in [5.41, 5.74) is 0. The predicted molar refractivity (Wildman–Crippen MR) is 114 cm³/mol. The zero-order valence-corrected chi connectivity index (χ0v) is 21.3. The summed E-state index contributed by atoms with van der Waals surface area (Å²) in [5, 5.41) is 3.94. The summed E-state index contributed by atoms with van der Waals surface area (Å²) < 4.78 is 0.967. The molecule has 0 unspecified atom stereocenters. The van der Waals surface area contributed by atoms with Crippen LogP contribution in [0.1, 0.15) is 111 Å². The molecule has 0 aromatic carbocycles. The molecule has 0 fully saturated rings. The normalized spacial score (nSPS) is 10.7. The van der Waals surface area contributed by atoms with Crippen LogP contribution in [0.5, 0.6) is 0 Å². The van der Waals surface area contributed by atoms with Gasteiger partial charge in [0.05, 0.1) is 0 Å². The number of thioether (sulfide) groups is 1. The van der Waals surface area contributed by atoms with Gasteiger partial charge in [-0.1, -0.05) is 128 Å². The summed E-state index contributed by atoms with van der Waals surface area (Å²) in [7, 11) is 0. The zero-order valence-electron chi connectivity index (χ0n) is 16.7. The van der Waals surface area contributed by atoms with Gasteiger partial charge in [0.25, 0.3) is 0 Å². The van der Waals surface area contributed by atoms with E-state index in [9.17, 15) is 0 Å². The molecule has 0 aromatic rings. The van der Waals surface area contributed by atoms with Gasteiger partial charge >= 0.3 is 0 Å². The Labute approximate surface area is 175 Å². The van der Waals surface area contributed by atoms with Crippen molar-refractivity contribution in [1.82, 2.24) is 5.32 Å². The third-order valence-corrected chi connectivity index (χ3v) is 5.41. The summed E-state index contributed by atoms with van der Waals surface area (Å²) in [6.07, 6.45) is 19.8. The number of hydrogen-bond donors (Lipinski definition) is 1. The number of unbranched alkanes of at least 4 members (excludes halogenated alkanes) is 13. The minimum Gasteiger partial charge on any atom is -0.371 e. The number of rotatable bonds is 16. The average Bonchev–Trinajstić information content (AvgIpc) is 2.50. The number of nitrogens with one attached hydrogen (secondary N) is 1. The molecule has 0 saturated carbocycles. The van der Waals surface area contributed by atoms with Gasteiger partial charge in [0.2, 0.25) is 0 Å². The van der Waals surface area contributed by atoms with E-state index in [1.165, 1.54) is 89.9 Å². The van der Waals surface area contributed by atoms with Crippen LogP contribution >= 0.6 is 24.0 Å². The minimum atomic E-state index is 0. The van der Waals surface area contributed by atoms with Crippen LogP contribution in [-0.4, -0.2) is 16.1 Å². The van der Waals surface area contributed by atoms with E-state index >= 15 is 0 Å². The average molecular weight is 425 g/mol. The van der Waals surface area contributed by atoms with Crippen molar-refractivity contribution in [2.75, 3.05) is 6.54 Å². The molecule has 1 nitrogen and oxygen atoms in total. The molecule has 0 atom stereocenters. The van der Waals surface area contributed by atoms with E-state index in [1.807, 2.05) is 0 Å². The van der Waals surface area contributed by atoms with Gasteiger partial charge in [0.15, 0.2) is 0 Å². The Morgan fingerprint density at radius 2 is 1.12 bits per heavy atom. The summed E-state index contributed by atoms with van der Waals surface area (Å²) in [5.74, 6) is 0. The molecular weight excluding hydrogens is 384 g/mol. The Kier molecular flexibility index (Phi) is 24.7. The predicted octanol–water partition coefficient (Wildman–Crippen LogP) is 7.48. The molecule has 24 heavy (non-hydrogen) atoms. The molecule has 0 aliphatic carbocycles. The molecule has 0 saturated heterocycles. The van der Waals surface area contributed by atoms with Gasteiger partial charge in [0.1, 0.15) is 4.32 Å². The second kappa shape index (κ2) is 21.9. The van der Waals surface area contributed by atoms with E-state index in [1.54, 1.807) is 11.8 Å². The van der Waals surface area contributed by atoms with Crippen molar-refractivity contribution in [2.24, 2.45) is 0 Å². The Morgan fingerprint density at radius 3 is 1.50 bits per heavy atom. The van der Waals surface area contributed by atoms with E-state index in [4.69, 9.17) is 12.2 Å². The Balaban J connectivity index is 0. The zero-order chi connectivity index (χ0) is 17.2. The minimum absolute atomic E-state index is 0. The second-order valence-electron chi connectivity index (χ2n) is 6.98. The Morgan fingerprint density at radius 1 is 0.750 bits per heavy atom. The van der Waals surface area contributed by atoms with Gasteiger partial charge in [-0.15, -0.1) is 0 Å². The first-order valence-corrected chi connectivity index (χ1v) is 11.4. The molecule has 4 heteroatoms. The monoisotopic (exact) mass is 423 g/mol. The van der Waals surface area contributed by atoms with Crippen LogP contribution in [0.4, 0.5) is 0 Å². The molecular formula is C20H41NS2Zn. The SMILES string of the molecule is CCCCCCCCCCCCCCCCNC(=S)SC(C)C.[Zn]. The second-order valence-corrected chi connectivity index (χ2v) is 9.23. The molecule has 0 heterocycles. The molecule has 0 amide bonds. The molecule has 0 rings (SSSR count). The van der Waals surface area contributed by atoms with E-state index in [2.05, 4.69) is 26.1 Å². The standard InChI is InChI=1S/C20H41NS2.Zn/c1-4-5-6-7-8-9-10-11-12-13-14-15-16-17-18-21-20(22)23-19(2)3;/h19H,4-18H2,1-3H3,(H,21,22);. The van der Waals surface area contributed by atoms with Crippen LogP contribution in [0.25, 0.3) is 0 Å². The first-order valence-electron chi connectivity index (χ1n) is 10.1. The smallest absolute Gasteiger partial charge is 0.134 e. The van der Waals surface area contributed by atoms with Crippen LogP contribution in [0.3, 0.4) is 0 Å². The van der Waals surface area contributed by atoms with Crippen LogP contribution in [0.2, 0.25) is 0 Å². The van der Waals surface area contributed by atoms with Crippen molar-refractivity contribution < 1.29 is 19.5 Å². The van der Waals surface area contributed by atoms with Crippen LogP contribution in [-0.2, 0) is 19.5 Å². The molecule has 0 bridgehead atoms. The van der Waals surface area contributed by atoms with E-state index in [0.29, 0.717) is 5.25 Å². The number of hydrogen-bond acceptors (Lipinski definition) is 2. The fourth-order valence-corrected chi connectivity index (χ4v) is 4.06. The summed E-state index contributed by atoms with van der Waals surface area (Å²) in [6, 6.07) is 0. The van der Waals surface area contributed by atoms with Gasteiger partial charge in [0, 0.05) is 31.3 Å². The Hall–Kier alpha value is 0.863. The summed E-state index contributed by atoms with van der Waals surface area (Å²) >= 11 is 7.04. The third-order valence-electron chi connectivity index (χ3n) is 4.14. The molecule has 0 aliphatic rings. The molecule has 0 aromatic heterocycles.